The number of hydrogen-bond donors (Lipinski definition) is 0. The summed E-state index contributed by atoms with van der Waals surface area (Å²) in [4.78, 5) is 4.76. The van der Waals surface area contributed by atoms with Gasteiger partial charge in [-0.25, -0.2) is 0 Å². The van der Waals surface area contributed by atoms with Crippen molar-refractivity contribution in [3.8, 4) is 55.9 Å². The van der Waals surface area contributed by atoms with Gasteiger partial charge in [0, 0.05) is 77.9 Å². The number of benzene rings is 14. The van der Waals surface area contributed by atoms with E-state index in [0.717, 1.165) is 56.6 Å². The molecule has 96 heavy (non-hydrogen) atoms. The molecule has 2 aliphatic rings. The maximum atomic E-state index is 2.43. The molecule has 0 spiro atoms. The van der Waals surface area contributed by atoms with Crippen molar-refractivity contribution in [1.29, 1.82) is 0 Å². The van der Waals surface area contributed by atoms with E-state index >= 15 is 0 Å². The molecule has 0 unspecified atom stereocenters. The minimum atomic E-state index is -0.0864. The first kappa shape index (κ1) is 56.7. The first-order chi connectivity index (χ1) is 47.1. The fourth-order valence-corrected chi connectivity index (χ4v) is 15.8. The van der Waals surface area contributed by atoms with Gasteiger partial charge in [-0.3, -0.25) is 0 Å². The maximum Gasteiger partial charge on any atom is 0.0542 e. The Balaban J connectivity index is 0.666. The van der Waals surface area contributed by atoms with Crippen LogP contribution in [0.2, 0.25) is 0 Å². The Morgan fingerprint density at radius 2 is 0.531 bits per heavy atom. The van der Waals surface area contributed by atoms with Crippen LogP contribution in [0.15, 0.2) is 328 Å². The SMILES string of the molecule is CC1(C)c2ccccc2-c2ccc(-c3ccc4c(c3)c3cc(N(c5ccccc5)c5ccc(/C=C/c6ccc(N(c7ccccc7)c7ccc8c(c7)c7cc(-c9ccc%10c(c9)C(C)(C)c9ccccc9-%10)ccc7n8-c7ccccc7)cc6)cc5)ccc3n4-c3ccccc3)cc21. The van der Waals surface area contributed by atoms with Crippen LogP contribution in [0.4, 0.5) is 34.1 Å². The van der Waals surface area contributed by atoms with E-state index in [9.17, 15) is 0 Å². The molecular weight excluding hydrogens is 1160 g/mol. The fourth-order valence-electron chi connectivity index (χ4n) is 15.8. The van der Waals surface area contributed by atoms with E-state index in [4.69, 9.17) is 0 Å². The molecule has 16 aromatic rings. The second kappa shape index (κ2) is 22.4. The normalized spacial score (nSPS) is 13.3. The van der Waals surface area contributed by atoms with Gasteiger partial charge >= 0.3 is 0 Å². The van der Waals surface area contributed by atoms with Crippen LogP contribution in [-0.2, 0) is 10.8 Å². The summed E-state index contributed by atoms with van der Waals surface area (Å²) in [7, 11) is 0. The summed E-state index contributed by atoms with van der Waals surface area (Å²) in [5, 5.41) is 4.83. The highest BCUT2D eigenvalue weighted by molar-refractivity contribution is 6.13. The predicted octanol–water partition coefficient (Wildman–Crippen LogP) is 24.9. The Bertz CT molecular complexity index is 5380. The molecule has 2 aliphatic carbocycles. The van der Waals surface area contributed by atoms with Crippen molar-refractivity contribution in [1.82, 2.24) is 9.13 Å². The second-order valence-electron chi connectivity index (χ2n) is 26.9. The van der Waals surface area contributed by atoms with Crippen LogP contribution in [0, 0.1) is 0 Å². The van der Waals surface area contributed by atoms with Crippen LogP contribution in [0.3, 0.4) is 0 Å². The van der Waals surface area contributed by atoms with Crippen LogP contribution in [0.25, 0.3) is 112 Å². The van der Waals surface area contributed by atoms with E-state index in [0.29, 0.717) is 0 Å². The lowest BCUT2D eigenvalue weighted by Gasteiger charge is -2.26. The molecule has 4 nitrogen and oxygen atoms in total. The largest absolute Gasteiger partial charge is 0.310 e. The quantitative estimate of drug-likeness (QED) is 0.113. The highest BCUT2D eigenvalue weighted by Crippen LogP contribution is 2.52. The van der Waals surface area contributed by atoms with Gasteiger partial charge in [0.25, 0.3) is 0 Å². The number of fused-ring (bicyclic) bond motifs is 12. The highest BCUT2D eigenvalue weighted by atomic mass is 15.1. The molecular formula is C92H68N4. The highest BCUT2D eigenvalue weighted by Gasteiger charge is 2.37. The monoisotopic (exact) mass is 1230 g/mol. The Hall–Kier alpha value is -12.0. The molecule has 14 aromatic carbocycles. The van der Waals surface area contributed by atoms with Crippen LogP contribution in [0.1, 0.15) is 61.1 Å². The van der Waals surface area contributed by atoms with Crippen molar-refractivity contribution in [2.24, 2.45) is 0 Å². The molecule has 0 N–H and O–H groups in total. The summed E-state index contributed by atoms with van der Waals surface area (Å²) in [5.41, 5.74) is 31.3. The summed E-state index contributed by atoms with van der Waals surface area (Å²) in [6.07, 6.45) is 4.44. The van der Waals surface area contributed by atoms with Crippen molar-refractivity contribution in [2.45, 2.75) is 38.5 Å². The first-order valence-electron chi connectivity index (χ1n) is 33.5. The lowest BCUT2D eigenvalue weighted by molar-refractivity contribution is 0.660. The van der Waals surface area contributed by atoms with Gasteiger partial charge < -0.3 is 18.9 Å². The molecule has 4 heteroatoms. The molecule has 0 saturated carbocycles. The number of hydrogen-bond acceptors (Lipinski definition) is 2. The molecule has 0 bridgehead atoms. The third-order valence-corrected chi connectivity index (χ3v) is 20.7. The molecule has 0 aliphatic heterocycles. The number of aromatic nitrogens is 2. The van der Waals surface area contributed by atoms with Crippen LogP contribution >= 0.6 is 0 Å². The van der Waals surface area contributed by atoms with Crippen molar-refractivity contribution >= 4 is 89.9 Å². The molecule has 18 rings (SSSR count). The zero-order valence-electron chi connectivity index (χ0n) is 54.1. The molecule has 0 fully saturated rings. The van der Waals surface area contributed by atoms with Gasteiger partial charge in [0.2, 0.25) is 0 Å². The summed E-state index contributed by atoms with van der Waals surface area (Å²) in [6, 6.07) is 121. The Morgan fingerprint density at radius 3 is 0.927 bits per heavy atom. The molecule has 0 atom stereocenters. The van der Waals surface area contributed by atoms with Gasteiger partial charge in [-0.05, 0) is 223 Å². The van der Waals surface area contributed by atoms with E-state index in [-0.39, 0.29) is 10.8 Å². The third kappa shape index (κ3) is 9.27. The molecule has 0 saturated heterocycles. The van der Waals surface area contributed by atoms with Crippen molar-refractivity contribution in [3.05, 3.63) is 361 Å². The van der Waals surface area contributed by atoms with E-state index in [1.165, 1.54) is 110 Å². The lowest BCUT2D eigenvalue weighted by atomic mass is 9.81. The number of rotatable bonds is 12. The average molecular weight is 1230 g/mol. The molecule has 0 radical (unpaired) electrons. The Labute approximate surface area is 560 Å². The summed E-state index contributed by atoms with van der Waals surface area (Å²) in [6.45, 7) is 9.44. The van der Waals surface area contributed by atoms with Gasteiger partial charge in [-0.2, -0.15) is 0 Å². The van der Waals surface area contributed by atoms with E-state index in [2.05, 4.69) is 386 Å². The van der Waals surface area contributed by atoms with Crippen LogP contribution in [-0.4, -0.2) is 9.13 Å². The fraction of sp³-hybridized carbons (Fsp3) is 0.0652. The first-order valence-corrected chi connectivity index (χ1v) is 33.5. The van der Waals surface area contributed by atoms with E-state index < -0.39 is 0 Å². The van der Waals surface area contributed by atoms with E-state index in [1.807, 2.05) is 0 Å². The van der Waals surface area contributed by atoms with Crippen LogP contribution in [0.5, 0.6) is 0 Å². The summed E-state index contributed by atoms with van der Waals surface area (Å²) < 4.78 is 4.83. The van der Waals surface area contributed by atoms with Gasteiger partial charge in [-0.1, -0.05) is 222 Å². The average Bonchev–Trinajstić information content (AvgIpc) is 1.58. The topological polar surface area (TPSA) is 16.3 Å². The Kier molecular flexibility index (Phi) is 13.2. The van der Waals surface area contributed by atoms with E-state index in [1.54, 1.807) is 0 Å². The van der Waals surface area contributed by atoms with Gasteiger partial charge in [0.15, 0.2) is 0 Å². The maximum absolute atomic E-state index is 2.43. The minimum Gasteiger partial charge on any atom is -0.310 e. The molecule has 2 aromatic heterocycles. The third-order valence-electron chi connectivity index (χ3n) is 20.7. The predicted molar refractivity (Wildman–Crippen MR) is 406 cm³/mol. The molecule has 0 amide bonds. The van der Waals surface area contributed by atoms with Crippen molar-refractivity contribution in [2.75, 3.05) is 9.80 Å². The Morgan fingerprint density at radius 1 is 0.240 bits per heavy atom. The van der Waals surface area contributed by atoms with Crippen LogP contribution < -0.4 is 9.80 Å². The molecule has 2 heterocycles. The standard InChI is InChI=1S/C92H68N4/c1-91(2)83-31-19-17-29-75(83)77-49-39-65(57-85(77)91)63-41-51-87-79(55-63)81-59-73(47-53-89(81)95(87)69-25-13-7-14-26-69)93(67-21-9-5-10-22-67)71-43-35-61(36-44-71)33-34-62-37-45-72(46-38-62)94(68-23-11-6-12-24-68)74-48-54-90-82(60-74)80-56-64(42-52-88(80)96(90)70-27-15-8-16-28-70)66-40-50-78-76-30-18-20-32-84(76)92(3,4)86(78)58-66/h5-60H,1-4H3/b34-33+. The van der Waals surface area contributed by atoms with Gasteiger partial charge in [-0.15, -0.1) is 0 Å². The van der Waals surface area contributed by atoms with Gasteiger partial charge in [0.05, 0.1) is 22.1 Å². The minimum absolute atomic E-state index is 0.0864. The van der Waals surface area contributed by atoms with Gasteiger partial charge in [0.1, 0.15) is 0 Å². The number of nitrogens with zero attached hydrogens (tertiary/aromatic N) is 4. The van der Waals surface area contributed by atoms with Crippen molar-refractivity contribution in [3.63, 3.8) is 0 Å². The number of para-hydroxylation sites is 4. The van der Waals surface area contributed by atoms with Crippen molar-refractivity contribution < 1.29 is 0 Å². The molecule has 456 valence electrons. The summed E-state index contributed by atoms with van der Waals surface area (Å²) in [5.74, 6) is 0. The zero-order chi connectivity index (χ0) is 64.2. The summed E-state index contributed by atoms with van der Waals surface area (Å²) >= 11 is 0. The zero-order valence-corrected chi connectivity index (χ0v) is 54.1. The number of anilines is 6. The smallest absolute Gasteiger partial charge is 0.0542 e. The lowest BCUT2D eigenvalue weighted by Crippen LogP contribution is -2.14. The second-order valence-corrected chi connectivity index (χ2v) is 26.9.